The molecule has 1 aliphatic heterocycles. The van der Waals surface area contributed by atoms with Crippen LogP contribution in [0.25, 0.3) is 11.1 Å². The van der Waals surface area contributed by atoms with E-state index in [1.165, 1.54) is 44.6 Å². The Morgan fingerprint density at radius 1 is 0.983 bits per heavy atom. The molecule has 0 bridgehead atoms. The molecular weight excluding hydrogens is 781 g/mol. The monoisotopic (exact) mass is 826 g/mol. The molecule has 0 radical (unpaired) electrons. The molecule has 0 saturated carbocycles. The van der Waals surface area contributed by atoms with Crippen LogP contribution in [0.4, 0.5) is 18.0 Å². The molecule has 1 aromatic heterocycles. The average molecular weight is 827 g/mol. The number of nitrogens with one attached hydrogen (secondary N) is 2. The summed E-state index contributed by atoms with van der Waals surface area (Å²) >= 11 is 6.53. The first-order valence-corrected chi connectivity index (χ1v) is 18.5. The van der Waals surface area contributed by atoms with Gasteiger partial charge in [0.1, 0.15) is 22.9 Å². The first-order chi connectivity index (χ1) is 27.2. The van der Waals surface area contributed by atoms with Crippen LogP contribution in [0.1, 0.15) is 87.6 Å². The Kier molecular flexibility index (Phi) is 12.8. The molecule has 17 heteroatoms. The van der Waals surface area contributed by atoms with Gasteiger partial charge in [0.25, 0.3) is 11.8 Å². The van der Waals surface area contributed by atoms with Gasteiger partial charge >= 0.3 is 12.6 Å². The first-order valence-electron chi connectivity index (χ1n) is 18.2. The number of rotatable bonds is 12. The van der Waals surface area contributed by atoms with E-state index in [4.69, 9.17) is 30.8 Å². The van der Waals surface area contributed by atoms with Crippen LogP contribution in [0.3, 0.4) is 0 Å². The van der Waals surface area contributed by atoms with Crippen LogP contribution in [0.15, 0.2) is 72.0 Å². The number of aliphatic imine (C=N–C) groups is 1. The lowest BCUT2D eigenvalue weighted by Crippen LogP contribution is -2.50. The van der Waals surface area contributed by atoms with Crippen LogP contribution in [-0.4, -0.2) is 70.1 Å². The van der Waals surface area contributed by atoms with Gasteiger partial charge in [-0.3, -0.25) is 19.8 Å². The van der Waals surface area contributed by atoms with Gasteiger partial charge < -0.3 is 24.6 Å². The molecule has 3 aromatic carbocycles. The van der Waals surface area contributed by atoms with Crippen LogP contribution in [0.5, 0.6) is 11.5 Å². The Morgan fingerprint density at radius 3 is 2.29 bits per heavy atom. The Morgan fingerprint density at radius 2 is 1.71 bits per heavy atom. The molecule has 2 atom stereocenters. The lowest BCUT2D eigenvalue weighted by Gasteiger charge is -2.35. The second-order valence-electron chi connectivity index (χ2n) is 15.8. The summed E-state index contributed by atoms with van der Waals surface area (Å²) in [5, 5.41) is 20.0. The summed E-state index contributed by atoms with van der Waals surface area (Å²) in [4.78, 5) is 47.8. The maximum Gasteiger partial charge on any atom is 0.414 e. The van der Waals surface area contributed by atoms with Crippen molar-refractivity contribution in [1.29, 1.82) is 0 Å². The first kappa shape index (κ1) is 43.5. The summed E-state index contributed by atoms with van der Waals surface area (Å²) < 4.78 is 59.7. The molecule has 4 aromatic rings. The smallest absolute Gasteiger partial charge is 0.414 e. The fourth-order valence-corrected chi connectivity index (χ4v) is 6.86. The number of ether oxygens (including phenoxy) is 3. The van der Waals surface area contributed by atoms with E-state index in [-0.39, 0.29) is 51.8 Å². The highest BCUT2D eigenvalue weighted by molar-refractivity contribution is 6.33. The summed E-state index contributed by atoms with van der Waals surface area (Å²) in [6.45, 7) is 6.77. The van der Waals surface area contributed by atoms with E-state index in [1.54, 1.807) is 39.0 Å². The molecule has 3 N–H and O–H groups in total. The number of amides is 3. The zero-order chi connectivity index (χ0) is 42.7. The van der Waals surface area contributed by atoms with Crippen molar-refractivity contribution in [3.63, 3.8) is 0 Å². The van der Waals surface area contributed by atoms with Gasteiger partial charge in [-0.2, -0.15) is 13.9 Å². The number of carbonyl (C=O) groups is 3. The number of nitrogens with zero attached hydrogens (tertiary/aromatic N) is 4. The molecule has 0 aliphatic carbocycles. The Bertz CT molecular complexity index is 2220. The summed E-state index contributed by atoms with van der Waals surface area (Å²) in [5.74, 6) is -1.59. The van der Waals surface area contributed by atoms with E-state index >= 15 is 9.18 Å². The van der Waals surface area contributed by atoms with Crippen molar-refractivity contribution in [2.45, 2.75) is 78.2 Å². The second-order valence-corrected chi connectivity index (χ2v) is 16.2. The zero-order valence-corrected chi connectivity index (χ0v) is 34.1. The van der Waals surface area contributed by atoms with E-state index < -0.39 is 59.5 Å². The third-order valence-electron chi connectivity index (χ3n) is 9.08. The lowest BCUT2D eigenvalue weighted by atomic mass is 9.75. The van der Waals surface area contributed by atoms with Crippen molar-refractivity contribution in [1.82, 2.24) is 25.3 Å². The van der Waals surface area contributed by atoms with Crippen LogP contribution in [-0.2, 0) is 21.6 Å². The number of hydrogen-bond acceptors (Lipinski definition) is 9. The van der Waals surface area contributed by atoms with E-state index in [0.717, 1.165) is 23.4 Å². The lowest BCUT2D eigenvalue weighted by molar-refractivity contribution is -0.135. The number of methoxy groups -OCH3 is 2. The van der Waals surface area contributed by atoms with Crippen molar-refractivity contribution in [2.24, 2.45) is 10.4 Å². The molecule has 1 aliphatic rings. The molecule has 0 saturated heterocycles. The summed E-state index contributed by atoms with van der Waals surface area (Å²) in [6.07, 6.45) is 1.16. The van der Waals surface area contributed by atoms with Crippen molar-refractivity contribution >= 4 is 35.5 Å². The third kappa shape index (κ3) is 9.56. The predicted octanol–water partition coefficient (Wildman–Crippen LogP) is 7.77. The van der Waals surface area contributed by atoms with Gasteiger partial charge in [0.15, 0.2) is 5.54 Å². The minimum atomic E-state index is -2.91. The van der Waals surface area contributed by atoms with Gasteiger partial charge in [0.2, 0.25) is 5.96 Å². The Hall–Kier alpha value is -5.61. The van der Waals surface area contributed by atoms with Crippen molar-refractivity contribution in [3.8, 4) is 22.6 Å². The van der Waals surface area contributed by atoms with Crippen LogP contribution in [0.2, 0.25) is 5.02 Å². The van der Waals surface area contributed by atoms with E-state index in [0.29, 0.717) is 21.7 Å². The van der Waals surface area contributed by atoms with Gasteiger partial charge in [-0.15, -0.1) is 0 Å². The van der Waals surface area contributed by atoms with Crippen molar-refractivity contribution < 1.29 is 46.9 Å². The molecule has 1 unspecified atom stereocenters. The molecule has 58 heavy (non-hydrogen) atoms. The van der Waals surface area contributed by atoms with Crippen LogP contribution >= 0.6 is 11.6 Å². The molecule has 3 amide bonds. The summed E-state index contributed by atoms with van der Waals surface area (Å²) in [6, 6.07) is 12.0. The Labute approximate surface area is 339 Å². The molecule has 5 rings (SSSR count). The van der Waals surface area contributed by atoms with Gasteiger partial charge in [0.05, 0.1) is 43.7 Å². The summed E-state index contributed by atoms with van der Waals surface area (Å²) in [7, 11) is 3.00. The van der Waals surface area contributed by atoms with Gasteiger partial charge in [-0.25, -0.2) is 18.9 Å². The minimum absolute atomic E-state index is 0.00748. The van der Waals surface area contributed by atoms with E-state index in [1.807, 2.05) is 20.8 Å². The summed E-state index contributed by atoms with van der Waals surface area (Å²) in [5.41, 5.74) is -2.56. The Balaban J connectivity index is 1.58. The molecule has 13 nitrogen and oxygen atoms in total. The fraction of sp³-hybridized carbons (Fsp3) is 0.390. The number of benzene rings is 3. The second kappa shape index (κ2) is 17.1. The number of aliphatic hydroxyl groups excluding tert-OH is 1. The predicted molar refractivity (Wildman–Crippen MR) is 210 cm³/mol. The number of guanidine groups is 1. The van der Waals surface area contributed by atoms with Crippen LogP contribution < -0.4 is 20.1 Å². The van der Waals surface area contributed by atoms with Crippen molar-refractivity contribution in [3.05, 3.63) is 100 Å². The number of halogens is 4. The van der Waals surface area contributed by atoms with E-state index in [2.05, 4.69) is 15.7 Å². The maximum absolute atomic E-state index is 16.5. The topological polar surface area (TPSA) is 157 Å². The highest BCUT2D eigenvalue weighted by atomic mass is 35.5. The van der Waals surface area contributed by atoms with Gasteiger partial charge in [-0.1, -0.05) is 50.6 Å². The highest BCUT2D eigenvalue weighted by Gasteiger charge is 2.55. The molecule has 2 heterocycles. The van der Waals surface area contributed by atoms with E-state index in [9.17, 15) is 23.5 Å². The van der Waals surface area contributed by atoms with Crippen molar-refractivity contribution in [2.75, 3.05) is 20.8 Å². The number of aromatic nitrogens is 2. The number of carbonyl (C=O) groups excluding carboxylic acids is 3. The fourth-order valence-electron chi connectivity index (χ4n) is 6.66. The zero-order valence-electron chi connectivity index (χ0n) is 33.3. The highest BCUT2D eigenvalue weighted by Crippen LogP contribution is 2.46. The number of alkyl halides is 2. The normalized spacial score (nSPS) is 16.3. The van der Waals surface area contributed by atoms with Gasteiger partial charge in [-0.05, 0) is 74.1 Å². The standard InChI is InChI=1S/C41H46ClF3N6O7/c1-39(2,3)22-41(29-13-10-23(16-31(29)43)26-19-47-50(20-26)36(44)45)35(54)51(37(49-41)48-38(55)58-40(4,5)6)32(21-52)24-11-14-30(42)28(15-24)34(53)46-18-25-9-12-27(56-7)17-33(25)57-8/h9-17,19-20,32,36,52H,18,21-22H2,1-8H3,(H,46,53)(H,48,49,55)/t32?,41-/m1/s1. The number of alkyl carbamates (subject to hydrolysis) is 1. The third-order valence-corrected chi connectivity index (χ3v) is 9.41. The number of aliphatic hydroxyl groups is 1. The van der Waals surface area contributed by atoms with Gasteiger partial charge in [0, 0.05) is 35.5 Å². The molecule has 0 fully saturated rings. The largest absolute Gasteiger partial charge is 0.497 e. The average Bonchev–Trinajstić information content (AvgIpc) is 3.74. The molecule has 0 spiro atoms. The maximum atomic E-state index is 16.5. The molecule has 310 valence electrons. The molecular formula is C41H46ClF3N6O7. The minimum Gasteiger partial charge on any atom is -0.497 e. The SMILES string of the molecule is COc1ccc(CNC(=O)c2cc(C(CO)N3C(=O)[C@@](CC(C)(C)C)(c4ccc(-c5cnn(C(F)F)c5)cc4F)N=C3NC(=O)OC(C)(C)C)ccc2Cl)c(OC)c1. The quantitative estimate of drug-likeness (QED) is 0.131. The van der Waals surface area contributed by atoms with Crippen LogP contribution in [0, 0.1) is 11.2 Å². The number of hydrogen-bond donors (Lipinski definition) is 3.